The largest absolute Gasteiger partial charge is 0.494 e. The number of amides is 2. The summed E-state index contributed by atoms with van der Waals surface area (Å²) in [6, 6.07) is 14.2. The van der Waals surface area contributed by atoms with Crippen LogP contribution in [-0.2, 0) is 0 Å². The van der Waals surface area contributed by atoms with Crippen molar-refractivity contribution in [2.24, 2.45) is 10.8 Å². The van der Waals surface area contributed by atoms with Crippen LogP contribution in [-0.4, -0.2) is 18.9 Å². The monoisotopic (exact) mass is 369 g/mol. The number of benzene rings is 2. The second-order valence-corrected chi connectivity index (χ2v) is 6.14. The van der Waals surface area contributed by atoms with Gasteiger partial charge >= 0.3 is 6.03 Å². The predicted octanol–water partition coefficient (Wildman–Crippen LogP) is 4.83. The number of nitrogens with zero attached hydrogens (tertiary/aromatic N) is 1. The zero-order valence-electron chi connectivity index (χ0n) is 15.7. The van der Waals surface area contributed by atoms with Crippen LogP contribution < -0.4 is 20.6 Å². The number of nitrogens with two attached hydrogens (primary N) is 1. The quantitative estimate of drug-likeness (QED) is 0.338. The number of hydrazone groups is 1. The Bertz CT molecular complexity index is 712. The number of hydrogen-bond acceptors (Lipinski definition) is 4. The summed E-state index contributed by atoms with van der Waals surface area (Å²) in [7, 11) is 0. The number of urea groups is 1. The topological polar surface area (TPSA) is 85.9 Å². The number of rotatable bonds is 11. The highest BCUT2D eigenvalue weighted by Gasteiger charge is 2.00. The summed E-state index contributed by atoms with van der Waals surface area (Å²) in [5.41, 5.74) is 7.90. The van der Waals surface area contributed by atoms with Crippen LogP contribution in [0.4, 0.5) is 4.79 Å². The normalized spacial score (nSPS) is 10.7. The van der Waals surface area contributed by atoms with Crippen molar-refractivity contribution in [2.45, 2.75) is 39.0 Å². The van der Waals surface area contributed by atoms with Crippen molar-refractivity contribution in [3.05, 3.63) is 54.1 Å². The van der Waals surface area contributed by atoms with E-state index in [1.807, 2.05) is 48.5 Å². The molecular weight excluding hydrogens is 342 g/mol. The molecule has 0 aliphatic heterocycles. The summed E-state index contributed by atoms with van der Waals surface area (Å²) in [6.07, 6.45) is 7.63. The van der Waals surface area contributed by atoms with Crippen molar-refractivity contribution in [1.29, 1.82) is 0 Å². The van der Waals surface area contributed by atoms with E-state index in [2.05, 4.69) is 17.5 Å². The lowest BCUT2D eigenvalue weighted by Crippen LogP contribution is -2.24. The van der Waals surface area contributed by atoms with Crippen molar-refractivity contribution in [1.82, 2.24) is 5.43 Å². The molecule has 0 radical (unpaired) electrons. The molecule has 0 spiro atoms. The summed E-state index contributed by atoms with van der Waals surface area (Å²) in [6.45, 7) is 2.96. The minimum absolute atomic E-state index is 0.699. The second kappa shape index (κ2) is 11.6. The first kappa shape index (κ1) is 20.3. The van der Waals surface area contributed by atoms with E-state index >= 15 is 0 Å². The van der Waals surface area contributed by atoms with Gasteiger partial charge in [-0.05, 0) is 60.5 Å². The highest BCUT2D eigenvalue weighted by molar-refractivity contribution is 5.81. The zero-order chi connectivity index (χ0) is 19.3. The Morgan fingerprint density at radius 3 is 2.19 bits per heavy atom. The maximum absolute atomic E-state index is 10.6. The first-order chi connectivity index (χ1) is 13.2. The van der Waals surface area contributed by atoms with Crippen molar-refractivity contribution in [3.8, 4) is 17.2 Å². The lowest BCUT2D eigenvalue weighted by molar-refractivity contribution is 0.249. The summed E-state index contributed by atoms with van der Waals surface area (Å²) in [5, 5.41) is 3.71. The van der Waals surface area contributed by atoms with Crippen LogP contribution in [0.25, 0.3) is 0 Å². The van der Waals surface area contributed by atoms with Crippen LogP contribution in [0.1, 0.15) is 44.6 Å². The fraction of sp³-hybridized carbons (Fsp3) is 0.333. The smallest absolute Gasteiger partial charge is 0.332 e. The zero-order valence-corrected chi connectivity index (χ0v) is 15.7. The van der Waals surface area contributed by atoms with Gasteiger partial charge in [0.25, 0.3) is 0 Å². The van der Waals surface area contributed by atoms with Crippen molar-refractivity contribution < 1.29 is 14.3 Å². The Hall–Kier alpha value is -3.02. The molecule has 0 atom stereocenters. The number of ether oxygens (including phenoxy) is 2. The third kappa shape index (κ3) is 8.27. The summed E-state index contributed by atoms with van der Waals surface area (Å²) in [5.74, 6) is 2.30. The minimum Gasteiger partial charge on any atom is -0.494 e. The van der Waals surface area contributed by atoms with Gasteiger partial charge in [0.2, 0.25) is 0 Å². The van der Waals surface area contributed by atoms with Gasteiger partial charge in [0.1, 0.15) is 17.2 Å². The molecular formula is C21H27N3O3. The Kier molecular flexibility index (Phi) is 8.69. The standard InChI is InChI=1S/C21H27N3O3/c1-2-3-4-5-6-15-26-18-11-13-20(14-12-18)27-19-9-7-17(8-10-19)16-23-24-21(22)25/h7-14,16H,2-6,15H2,1H3,(H3,22,24,25)/b23-16+. The van der Waals surface area contributed by atoms with Gasteiger partial charge in [0.05, 0.1) is 12.8 Å². The van der Waals surface area contributed by atoms with E-state index in [1.54, 1.807) is 0 Å². The molecule has 0 aliphatic carbocycles. The molecule has 0 unspecified atom stereocenters. The van der Waals surface area contributed by atoms with E-state index in [-0.39, 0.29) is 0 Å². The van der Waals surface area contributed by atoms with Crippen molar-refractivity contribution in [2.75, 3.05) is 6.61 Å². The Labute approximate surface area is 160 Å². The number of hydrogen-bond donors (Lipinski definition) is 2. The van der Waals surface area contributed by atoms with Crippen LogP contribution in [0.15, 0.2) is 53.6 Å². The van der Waals surface area contributed by atoms with Gasteiger partial charge in [-0.25, -0.2) is 10.2 Å². The molecule has 0 heterocycles. The van der Waals surface area contributed by atoms with Crippen molar-refractivity contribution >= 4 is 12.2 Å². The highest BCUT2D eigenvalue weighted by Crippen LogP contribution is 2.24. The number of carbonyl (C=O) groups is 1. The molecule has 2 aromatic rings. The maximum Gasteiger partial charge on any atom is 0.332 e. The number of unbranched alkanes of at least 4 members (excludes halogenated alkanes) is 4. The molecule has 0 saturated heterocycles. The van der Waals surface area contributed by atoms with Crippen LogP contribution in [0.3, 0.4) is 0 Å². The van der Waals surface area contributed by atoms with Crippen LogP contribution in [0.2, 0.25) is 0 Å². The van der Waals surface area contributed by atoms with Gasteiger partial charge < -0.3 is 15.2 Å². The fourth-order valence-electron chi connectivity index (χ4n) is 2.43. The summed E-state index contributed by atoms with van der Waals surface area (Å²) >= 11 is 0. The third-order valence-electron chi connectivity index (χ3n) is 3.84. The molecule has 0 saturated carbocycles. The van der Waals surface area contributed by atoms with E-state index in [0.717, 1.165) is 30.1 Å². The molecule has 2 amide bonds. The van der Waals surface area contributed by atoms with E-state index in [0.29, 0.717) is 5.75 Å². The van der Waals surface area contributed by atoms with E-state index in [1.165, 1.54) is 31.9 Å². The fourth-order valence-corrected chi connectivity index (χ4v) is 2.43. The lowest BCUT2D eigenvalue weighted by Gasteiger charge is -2.09. The number of nitrogens with one attached hydrogen (secondary N) is 1. The molecule has 0 aromatic heterocycles. The first-order valence-electron chi connectivity index (χ1n) is 9.26. The number of primary amides is 1. The van der Waals surface area contributed by atoms with Crippen LogP contribution in [0, 0.1) is 0 Å². The van der Waals surface area contributed by atoms with Crippen LogP contribution >= 0.6 is 0 Å². The predicted molar refractivity (Wildman–Crippen MR) is 108 cm³/mol. The second-order valence-electron chi connectivity index (χ2n) is 6.14. The minimum atomic E-state index is -0.699. The molecule has 27 heavy (non-hydrogen) atoms. The van der Waals surface area contributed by atoms with Crippen LogP contribution in [0.5, 0.6) is 17.2 Å². The molecule has 2 aromatic carbocycles. The Morgan fingerprint density at radius 1 is 0.963 bits per heavy atom. The molecule has 2 rings (SSSR count). The van der Waals surface area contributed by atoms with Gasteiger partial charge in [-0.1, -0.05) is 32.6 Å². The number of carbonyl (C=O) groups excluding carboxylic acids is 1. The van der Waals surface area contributed by atoms with Gasteiger partial charge in [-0.2, -0.15) is 5.10 Å². The third-order valence-corrected chi connectivity index (χ3v) is 3.84. The molecule has 6 heteroatoms. The molecule has 0 fully saturated rings. The van der Waals surface area contributed by atoms with Gasteiger partial charge in [-0.3, -0.25) is 0 Å². The Morgan fingerprint density at radius 2 is 1.56 bits per heavy atom. The van der Waals surface area contributed by atoms with E-state index in [9.17, 15) is 4.79 Å². The van der Waals surface area contributed by atoms with E-state index < -0.39 is 6.03 Å². The van der Waals surface area contributed by atoms with E-state index in [4.69, 9.17) is 15.2 Å². The average Bonchev–Trinajstić information content (AvgIpc) is 2.67. The lowest BCUT2D eigenvalue weighted by atomic mass is 10.2. The van der Waals surface area contributed by atoms with Gasteiger partial charge in [0.15, 0.2) is 0 Å². The van der Waals surface area contributed by atoms with Crippen molar-refractivity contribution in [3.63, 3.8) is 0 Å². The first-order valence-corrected chi connectivity index (χ1v) is 9.26. The molecule has 0 aliphatic rings. The summed E-state index contributed by atoms with van der Waals surface area (Å²) in [4.78, 5) is 10.6. The maximum atomic E-state index is 10.6. The average molecular weight is 369 g/mol. The summed E-state index contributed by atoms with van der Waals surface area (Å²) < 4.78 is 11.6. The molecule has 0 bridgehead atoms. The van der Waals surface area contributed by atoms with Gasteiger partial charge in [-0.15, -0.1) is 0 Å². The highest BCUT2D eigenvalue weighted by atomic mass is 16.5. The molecule has 144 valence electrons. The molecule has 6 nitrogen and oxygen atoms in total. The van der Waals surface area contributed by atoms with Gasteiger partial charge in [0, 0.05) is 0 Å². The SMILES string of the molecule is CCCCCCCOc1ccc(Oc2ccc(/C=N/NC(N)=O)cc2)cc1. The molecule has 3 N–H and O–H groups in total. The Balaban J connectivity index is 1.77.